The van der Waals surface area contributed by atoms with E-state index in [4.69, 9.17) is 4.74 Å². The Morgan fingerprint density at radius 2 is 1.76 bits per heavy atom. The number of likely N-dealkylation sites (tertiary alicyclic amines) is 1. The van der Waals surface area contributed by atoms with Crippen molar-refractivity contribution < 1.29 is 18.7 Å². The summed E-state index contributed by atoms with van der Waals surface area (Å²) in [5.74, 6) is -0.729. The van der Waals surface area contributed by atoms with E-state index in [9.17, 15) is 14.0 Å². The number of anilines is 1. The Bertz CT molecular complexity index is 1020. The van der Waals surface area contributed by atoms with Gasteiger partial charge in [0.1, 0.15) is 12.4 Å². The van der Waals surface area contributed by atoms with Crippen LogP contribution < -0.4 is 15.0 Å². The minimum absolute atomic E-state index is 0.0206. The summed E-state index contributed by atoms with van der Waals surface area (Å²) in [7, 11) is 0. The lowest BCUT2D eigenvalue weighted by Crippen LogP contribution is -2.44. The highest BCUT2D eigenvalue weighted by Gasteiger charge is 2.31. The lowest BCUT2D eigenvalue weighted by atomic mass is 10.1. The Hall–Kier alpha value is -3.19. The van der Waals surface area contributed by atoms with Gasteiger partial charge in [0, 0.05) is 12.1 Å². The number of hydrogen-bond acceptors (Lipinski definition) is 4. The molecule has 0 atom stereocenters. The molecule has 0 aromatic heterocycles. The van der Waals surface area contributed by atoms with Crippen LogP contribution in [-0.4, -0.2) is 49.4 Å². The van der Waals surface area contributed by atoms with Gasteiger partial charge in [-0.3, -0.25) is 14.5 Å². The van der Waals surface area contributed by atoms with E-state index in [-0.39, 0.29) is 23.8 Å². The standard InChI is InChI=1S/C26H30FN3O3/c27-21-11-4-3-10-20(21)18-24-26(32)30(22-12-5-6-13-23(22)33-24)19-25(31)28-14-9-17-29-15-7-1-2-8-16-29/h3-6,10-13,18H,1-2,7-9,14-17,19H2,(H,28,31). The van der Waals surface area contributed by atoms with Crippen LogP contribution in [0.25, 0.3) is 6.08 Å². The number of halogens is 1. The van der Waals surface area contributed by atoms with Gasteiger partial charge in [0.2, 0.25) is 5.91 Å². The molecule has 174 valence electrons. The van der Waals surface area contributed by atoms with Gasteiger partial charge < -0.3 is 15.0 Å². The molecule has 0 spiro atoms. The third-order valence-electron chi connectivity index (χ3n) is 6.00. The molecular formula is C26H30FN3O3. The van der Waals surface area contributed by atoms with Crippen LogP contribution in [0.3, 0.4) is 0 Å². The van der Waals surface area contributed by atoms with E-state index in [2.05, 4.69) is 10.2 Å². The molecule has 2 heterocycles. The zero-order valence-corrected chi connectivity index (χ0v) is 18.8. The molecule has 0 saturated carbocycles. The number of hydrogen-bond donors (Lipinski definition) is 1. The van der Waals surface area contributed by atoms with E-state index in [1.807, 2.05) is 0 Å². The van der Waals surface area contributed by atoms with Gasteiger partial charge in [0.25, 0.3) is 5.91 Å². The van der Waals surface area contributed by atoms with Crippen molar-refractivity contribution in [1.29, 1.82) is 0 Å². The Balaban J connectivity index is 1.39. The Morgan fingerprint density at radius 3 is 2.55 bits per heavy atom. The molecule has 33 heavy (non-hydrogen) atoms. The molecule has 0 radical (unpaired) electrons. The Morgan fingerprint density at radius 1 is 1.03 bits per heavy atom. The molecule has 2 aromatic carbocycles. The molecule has 2 aromatic rings. The van der Waals surface area contributed by atoms with E-state index >= 15 is 0 Å². The molecule has 2 aliphatic rings. The van der Waals surface area contributed by atoms with Crippen molar-refractivity contribution in [1.82, 2.24) is 10.2 Å². The number of nitrogens with zero attached hydrogens (tertiary/aromatic N) is 2. The quantitative estimate of drug-likeness (QED) is 0.511. The predicted octanol–water partition coefficient (Wildman–Crippen LogP) is 3.97. The molecular weight excluding hydrogens is 421 g/mol. The average Bonchev–Trinajstić information content (AvgIpc) is 3.10. The molecule has 2 aliphatic heterocycles. The number of nitrogens with one attached hydrogen (secondary N) is 1. The molecule has 1 saturated heterocycles. The van der Waals surface area contributed by atoms with Crippen molar-refractivity contribution in [2.75, 3.05) is 37.6 Å². The lowest BCUT2D eigenvalue weighted by molar-refractivity contribution is -0.123. The maximum atomic E-state index is 14.1. The monoisotopic (exact) mass is 451 g/mol. The summed E-state index contributed by atoms with van der Waals surface area (Å²) in [5.41, 5.74) is 0.769. The SMILES string of the molecule is O=C(CN1C(=O)C(=Cc2ccccc2F)Oc2ccccc21)NCCCN1CCCCCC1. The van der Waals surface area contributed by atoms with Gasteiger partial charge in [-0.15, -0.1) is 0 Å². The van der Waals surface area contributed by atoms with E-state index in [0.717, 1.165) is 26.1 Å². The number of carbonyl (C=O) groups excluding carboxylic acids is 2. The van der Waals surface area contributed by atoms with Crippen LogP contribution in [0.15, 0.2) is 54.3 Å². The molecule has 4 rings (SSSR count). The van der Waals surface area contributed by atoms with Crippen LogP contribution >= 0.6 is 0 Å². The second-order valence-corrected chi connectivity index (χ2v) is 8.45. The van der Waals surface area contributed by atoms with Gasteiger partial charge in [0.05, 0.1) is 5.69 Å². The second kappa shape index (κ2) is 11.1. The number of benzene rings is 2. The van der Waals surface area contributed by atoms with Crippen molar-refractivity contribution in [3.8, 4) is 5.75 Å². The summed E-state index contributed by atoms with van der Waals surface area (Å²) < 4.78 is 19.9. The highest BCUT2D eigenvalue weighted by atomic mass is 19.1. The molecule has 1 fully saturated rings. The van der Waals surface area contributed by atoms with Crippen molar-refractivity contribution >= 4 is 23.6 Å². The first kappa shape index (κ1) is 23.0. The largest absolute Gasteiger partial charge is 0.449 e. The molecule has 1 N–H and O–H groups in total. The highest BCUT2D eigenvalue weighted by molar-refractivity contribution is 6.12. The minimum Gasteiger partial charge on any atom is -0.449 e. The summed E-state index contributed by atoms with van der Waals surface area (Å²) in [6.45, 7) is 3.66. The van der Waals surface area contributed by atoms with Gasteiger partial charge in [-0.05, 0) is 63.2 Å². The summed E-state index contributed by atoms with van der Waals surface area (Å²) in [5, 5.41) is 2.93. The zero-order valence-electron chi connectivity index (χ0n) is 18.8. The van der Waals surface area contributed by atoms with Crippen LogP contribution in [0, 0.1) is 5.82 Å². The zero-order chi connectivity index (χ0) is 23.0. The number of carbonyl (C=O) groups is 2. The van der Waals surface area contributed by atoms with Gasteiger partial charge in [-0.25, -0.2) is 4.39 Å². The topological polar surface area (TPSA) is 61.9 Å². The number of para-hydroxylation sites is 2. The lowest BCUT2D eigenvalue weighted by Gasteiger charge is -2.30. The molecule has 0 unspecified atom stereocenters. The second-order valence-electron chi connectivity index (χ2n) is 8.45. The maximum absolute atomic E-state index is 14.1. The molecule has 7 heteroatoms. The fourth-order valence-electron chi connectivity index (χ4n) is 4.24. The Kier molecular flexibility index (Phi) is 7.73. The van der Waals surface area contributed by atoms with Crippen LogP contribution in [0.4, 0.5) is 10.1 Å². The highest BCUT2D eigenvalue weighted by Crippen LogP contribution is 2.35. The van der Waals surface area contributed by atoms with Gasteiger partial charge in [-0.2, -0.15) is 0 Å². The molecule has 0 bridgehead atoms. The van der Waals surface area contributed by atoms with Gasteiger partial charge in [0.15, 0.2) is 11.5 Å². The fraction of sp³-hybridized carbons (Fsp3) is 0.385. The molecule has 0 aliphatic carbocycles. The van der Waals surface area contributed by atoms with E-state index < -0.39 is 11.7 Å². The molecule has 6 nitrogen and oxygen atoms in total. The first-order chi connectivity index (χ1) is 16.1. The maximum Gasteiger partial charge on any atom is 0.294 e. The number of fused-ring (bicyclic) bond motifs is 1. The summed E-state index contributed by atoms with van der Waals surface area (Å²) in [6, 6.07) is 13.2. The van der Waals surface area contributed by atoms with Crippen molar-refractivity contribution in [3.63, 3.8) is 0 Å². The van der Waals surface area contributed by atoms with Crippen LogP contribution in [0.2, 0.25) is 0 Å². The first-order valence-electron chi connectivity index (χ1n) is 11.7. The Labute approximate surface area is 194 Å². The third-order valence-corrected chi connectivity index (χ3v) is 6.00. The van der Waals surface area contributed by atoms with Gasteiger partial charge >= 0.3 is 0 Å². The van der Waals surface area contributed by atoms with E-state index in [0.29, 0.717) is 18.0 Å². The van der Waals surface area contributed by atoms with Crippen molar-refractivity contribution in [2.24, 2.45) is 0 Å². The summed E-state index contributed by atoms with van der Waals surface area (Å²) in [6.07, 6.45) is 7.34. The first-order valence-corrected chi connectivity index (χ1v) is 11.7. The summed E-state index contributed by atoms with van der Waals surface area (Å²) >= 11 is 0. The smallest absolute Gasteiger partial charge is 0.294 e. The normalized spacial score (nSPS) is 17.9. The van der Waals surface area contributed by atoms with E-state index in [1.165, 1.54) is 42.7 Å². The number of ether oxygens (including phenoxy) is 1. The summed E-state index contributed by atoms with van der Waals surface area (Å²) in [4.78, 5) is 29.6. The van der Waals surface area contributed by atoms with E-state index in [1.54, 1.807) is 42.5 Å². The van der Waals surface area contributed by atoms with Gasteiger partial charge in [-0.1, -0.05) is 43.2 Å². The van der Waals surface area contributed by atoms with Crippen LogP contribution in [-0.2, 0) is 9.59 Å². The van der Waals surface area contributed by atoms with Crippen LogP contribution in [0.5, 0.6) is 5.75 Å². The number of amides is 2. The average molecular weight is 452 g/mol. The van der Waals surface area contributed by atoms with Crippen LogP contribution in [0.1, 0.15) is 37.7 Å². The number of rotatable bonds is 7. The predicted molar refractivity (Wildman–Crippen MR) is 126 cm³/mol. The minimum atomic E-state index is -0.475. The third kappa shape index (κ3) is 5.99. The molecule has 2 amide bonds. The van der Waals surface area contributed by atoms with Crippen molar-refractivity contribution in [3.05, 3.63) is 65.7 Å². The fourth-order valence-corrected chi connectivity index (χ4v) is 4.24. The van der Waals surface area contributed by atoms with Crippen molar-refractivity contribution in [2.45, 2.75) is 32.1 Å².